The third-order valence-electron chi connectivity index (χ3n) is 4.25. The molecule has 0 radical (unpaired) electrons. The van der Waals surface area contributed by atoms with E-state index in [9.17, 15) is 8.42 Å². The number of rotatable bonds is 5. The number of anilines is 1. The van der Waals surface area contributed by atoms with Crippen LogP contribution in [0, 0.1) is 0 Å². The second kappa shape index (κ2) is 6.41. The maximum Gasteiger partial charge on any atom is 0.244 e. The van der Waals surface area contributed by atoms with Gasteiger partial charge in [0.15, 0.2) is 11.5 Å². The van der Waals surface area contributed by atoms with E-state index in [-0.39, 0.29) is 4.90 Å². The molecular formula is C16H18N6O2S. The summed E-state index contributed by atoms with van der Waals surface area (Å²) in [5, 5.41) is 11.4. The van der Waals surface area contributed by atoms with Crippen molar-refractivity contribution < 1.29 is 8.42 Å². The summed E-state index contributed by atoms with van der Waals surface area (Å²) in [5.41, 5.74) is 0.777. The van der Waals surface area contributed by atoms with E-state index >= 15 is 0 Å². The predicted octanol–water partition coefficient (Wildman–Crippen LogP) is 1.52. The molecule has 9 heteroatoms. The summed E-state index contributed by atoms with van der Waals surface area (Å²) in [6, 6.07) is 8.96. The molecule has 4 rings (SSSR count). The van der Waals surface area contributed by atoms with Gasteiger partial charge in [0.05, 0.1) is 6.54 Å². The molecule has 1 N–H and O–H groups in total. The van der Waals surface area contributed by atoms with Crippen LogP contribution in [0.1, 0.15) is 18.7 Å². The van der Waals surface area contributed by atoms with Gasteiger partial charge in [0.2, 0.25) is 10.0 Å². The van der Waals surface area contributed by atoms with Crippen LogP contribution in [-0.2, 0) is 16.6 Å². The lowest BCUT2D eigenvalue weighted by atomic mass is 10.4. The highest BCUT2D eigenvalue weighted by atomic mass is 32.2. The molecule has 0 bridgehead atoms. The number of pyridine rings is 2. The number of hydrogen-bond donors (Lipinski definition) is 1. The number of nitrogens with one attached hydrogen (secondary N) is 1. The Hall–Kier alpha value is -2.52. The van der Waals surface area contributed by atoms with Crippen molar-refractivity contribution in [1.82, 2.24) is 23.9 Å². The van der Waals surface area contributed by atoms with Crippen molar-refractivity contribution in [3.63, 3.8) is 0 Å². The Morgan fingerprint density at radius 3 is 2.68 bits per heavy atom. The van der Waals surface area contributed by atoms with Crippen LogP contribution >= 0.6 is 0 Å². The van der Waals surface area contributed by atoms with Crippen molar-refractivity contribution in [3.05, 3.63) is 48.5 Å². The Balaban J connectivity index is 1.47. The highest BCUT2D eigenvalue weighted by Gasteiger charge is 2.27. The fourth-order valence-electron chi connectivity index (χ4n) is 2.90. The molecule has 0 atom stereocenters. The summed E-state index contributed by atoms with van der Waals surface area (Å²) in [5.74, 6) is 1.35. The molecule has 0 spiro atoms. The molecule has 1 saturated heterocycles. The molecule has 0 saturated carbocycles. The van der Waals surface area contributed by atoms with Gasteiger partial charge in [-0.3, -0.25) is 4.40 Å². The number of sulfonamides is 1. The highest BCUT2D eigenvalue weighted by Crippen LogP contribution is 2.21. The van der Waals surface area contributed by atoms with E-state index in [1.54, 1.807) is 12.1 Å². The third kappa shape index (κ3) is 3.08. The topological polar surface area (TPSA) is 92.5 Å². The van der Waals surface area contributed by atoms with Crippen molar-refractivity contribution >= 4 is 21.5 Å². The SMILES string of the molecule is O=S(=O)(c1ccc(NCc2nnc3ccccn23)nc1)N1CCCC1. The fourth-order valence-corrected chi connectivity index (χ4v) is 4.36. The summed E-state index contributed by atoms with van der Waals surface area (Å²) in [7, 11) is -3.43. The van der Waals surface area contributed by atoms with Crippen LogP contribution in [0.2, 0.25) is 0 Å². The standard InChI is InChI=1S/C16H18N6O2S/c23-25(24,21-8-3-4-9-21)13-6-7-14(17-11-13)18-12-16-20-19-15-5-1-2-10-22(15)16/h1-2,5-7,10-11H,3-4,8-9,12H2,(H,17,18). The Morgan fingerprint density at radius 2 is 1.92 bits per heavy atom. The van der Waals surface area contributed by atoms with Gasteiger partial charge in [-0.25, -0.2) is 13.4 Å². The highest BCUT2D eigenvalue weighted by molar-refractivity contribution is 7.89. The molecule has 8 nitrogen and oxygen atoms in total. The van der Waals surface area contributed by atoms with Crippen LogP contribution in [-0.4, -0.2) is 45.4 Å². The first kappa shape index (κ1) is 16.0. The molecule has 0 unspecified atom stereocenters. The van der Waals surface area contributed by atoms with E-state index in [4.69, 9.17) is 0 Å². The molecule has 3 aromatic heterocycles. The molecule has 0 aliphatic carbocycles. The third-order valence-corrected chi connectivity index (χ3v) is 6.13. The maximum absolute atomic E-state index is 12.5. The Kier molecular flexibility index (Phi) is 4.10. The van der Waals surface area contributed by atoms with Gasteiger partial charge in [-0.05, 0) is 37.1 Å². The second-order valence-corrected chi connectivity index (χ2v) is 7.83. The minimum atomic E-state index is -3.43. The fraction of sp³-hybridized carbons (Fsp3) is 0.312. The monoisotopic (exact) mass is 358 g/mol. The first-order valence-electron chi connectivity index (χ1n) is 8.13. The number of fused-ring (bicyclic) bond motifs is 1. The summed E-state index contributed by atoms with van der Waals surface area (Å²) in [4.78, 5) is 4.45. The molecular weight excluding hydrogens is 340 g/mol. The zero-order valence-electron chi connectivity index (χ0n) is 13.5. The maximum atomic E-state index is 12.5. The molecule has 1 aliphatic heterocycles. The zero-order valence-corrected chi connectivity index (χ0v) is 14.4. The zero-order chi connectivity index (χ0) is 17.3. The lowest BCUT2D eigenvalue weighted by Crippen LogP contribution is -2.27. The minimum absolute atomic E-state index is 0.230. The first-order valence-corrected chi connectivity index (χ1v) is 9.57. The van der Waals surface area contributed by atoms with E-state index in [2.05, 4.69) is 20.5 Å². The van der Waals surface area contributed by atoms with Crippen molar-refractivity contribution in [2.24, 2.45) is 0 Å². The van der Waals surface area contributed by atoms with Gasteiger partial charge in [-0.15, -0.1) is 10.2 Å². The van der Waals surface area contributed by atoms with Crippen LogP contribution in [0.3, 0.4) is 0 Å². The van der Waals surface area contributed by atoms with E-state index in [0.29, 0.717) is 25.5 Å². The molecule has 130 valence electrons. The van der Waals surface area contributed by atoms with Gasteiger partial charge in [-0.1, -0.05) is 6.07 Å². The van der Waals surface area contributed by atoms with Crippen LogP contribution in [0.5, 0.6) is 0 Å². The smallest absolute Gasteiger partial charge is 0.244 e. The summed E-state index contributed by atoms with van der Waals surface area (Å²) >= 11 is 0. The quantitative estimate of drug-likeness (QED) is 0.743. The van der Waals surface area contributed by atoms with Crippen molar-refractivity contribution in [2.45, 2.75) is 24.3 Å². The average Bonchev–Trinajstić information content (AvgIpc) is 3.31. The van der Waals surface area contributed by atoms with Gasteiger partial charge < -0.3 is 5.32 Å². The molecule has 0 amide bonds. The van der Waals surface area contributed by atoms with Gasteiger partial charge in [-0.2, -0.15) is 4.31 Å². The normalized spacial score (nSPS) is 15.7. The van der Waals surface area contributed by atoms with Crippen molar-refractivity contribution in [3.8, 4) is 0 Å². The molecule has 25 heavy (non-hydrogen) atoms. The van der Waals surface area contributed by atoms with Crippen LogP contribution < -0.4 is 5.32 Å². The molecule has 0 aromatic carbocycles. The molecule has 3 aromatic rings. The van der Waals surface area contributed by atoms with Crippen LogP contribution in [0.15, 0.2) is 47.6 Å². The van der Waals surface area contributed by atoms with Crippen LogP contribution in [0.25, 0.3) is 5.65 Å². The predicted molar refractivity (Wildman–Crippen MR) is 92.5 cm³/mol. The van der Waals surface area contributed by atoms with Gasteiger partial charge in [0.25, 0.3) is 0 Å². The Morgan fingerprint density at radius 1 is 1.08 bits per heavy atom. The first-order chi connectivity index (χ1) is 12.1. The lowest BCUT2D eigenvalue weighted by Gasteiger charge is -2.15. The number of nitrogens with zero attached hydrogens (tertiary/aromatic N) is 5. The van der Waals surface area contributed by atoms with E-state index in [0.717, 1.165) is 24.3 Å². The number of aromatic nitrogens is 4. The van der Waals surface area contributed by atoms with E-state index in [1.165, 1.54) is 10.5 Å². The summed E-state index contributed by atoms with van der Waals surface area (Å²) in [6.45, 7) is 1.61. The average molecular weight is 358 g/mol. The Bertz CT molecular complexity index is 977. The second-order valence-electron chi connectivity index (χ2n) is 5.89. The van der Waals surface area contributed by atoms with Crippen molar-refractivity contribution in [1.29, 1.82) is 0 Å². The van der Waals surface area contributed by atoms with Gasteiger partial charge in [0, 0.05) is 25.5 Å². The minimum Gasteiger partial charge on any atom is -0.363 e. The van der Waals surface area contributed by atoms with Gasteiger partial charge in [0.1, 0.15) is 10.7 Å². The van der Waals surface area contributed by atoms with Crippen molar-refractivity contribution in [2.75, 3.05) is 18.4 Å². The molecule has 1 aliphatic rings. The summed E-state index contributed by atoms with van der Waals surface area (Å²) in [6.07, 6.45) is 5.13. The Labute approximate surface area is 145 Å². The van der Waals surface area contributed by atoms with Gasteiger partial charge >= 0.3 is 0 Å². The molecule has 4 heterocycles. The number of hydrogen-bond acceptors (Lipinski definition) is 6. The van der Waals surface area contributed by atoms with Crippen LogP contribution in [0.4, 0.5) is 5.82 Å². The summed E-state index contributed by atoms with van der Waals surface area (Å²) < 4.78 is 28.4. The van der Waals surface area contributed by atoms with E-state index < -0.39 is 10.0 Å². The largest absolute Gasteiger partial charge is 0.363 e. The lowest BCUT2D eigenvalue weighted by molar-refractivity contribution is 0.477. The molecule has 1 fully saturated rings. The van der Waals surface area contributed by atoms with E-state index in [1.807, 2.05) is 28.8 Å².